The second kappa shape index (κ2) is 10.3. The minimum Gasteiger partial charge on any atom is -0.481 e. The van der Waals surface area contributed by atoms with Crippen LogP contribution in [0.15, 0.2) is 54.7 Å². The van der Waals surface area contributed by atoms with Gasteiger partial charge in [0.1, 0.15) is 0 Å². The SMILES string of the molecule is COC[C@@H](C)N1C(c2cc(Cl)ccc2C)C=C(c2ccc(Cl)cc2)C1c1cnc(N)nc1OC. The molecule has 3 atom stereocenters. The van der Waals surface area contributed by atoms with Crippen molar-refractivity contribution < 1.29 is 9.47 Å². The minimum absolute atomic E-state index is 0.0432. The molecule has 1 aliphatic rings. The third-order valence-electron chi connectivity index (χ3n) is 6.19. The fourth-order valence-electron chi connectivity index (χ4n) is 4.67. The zero-order chi connectivity index (χ0) is 24.4. The fourth-order valence-corrected chi connectivity index (χ4v) is 4.98. The normalized spacial score (nSPS) is 19.2. The van der Waals surface area contributed by atoms with Crippen molar-refractivity contribution in [3.63, 3.8) is 0 Å². The number of anilines is 1. The van der Waals surface area contributed by atoms with E-state index in [0.29, 0.717) is 22.5 Å². The number of nitrogens with zero attached hydrogens (tertiary/aromatic N) is 3. The van der Waals surface area contributed by atoms with Crippen molar-refractivity contribution in [2.45, 2.75) is 32.0 Å². The summed E-state index contributed by atoms with van der Waals surface area (Å²) in [6.45, 7) is 4.78. The maximum absolute atomic E-state index is 6.44. The lowest BCUT2D eigenvalue weighted by atomic mass is 9.94. The van der Waals surface area contributed by atoms with Gasteiger partial charge in [-0.1, -0.05) is 47.5 Å². The molecule has 1 aliphatic heterocycles. The predicted molar refractivity (Wildman–Crippen MR) is 137 cm³/mol. The van der Waals surface area contributed by atoms with Crippen molar-refractivity contribution in [3.8, 4) is 5.88 Å². The van der Waals surface area contributed by atoms with E-state index in [9.17, 15) is 0 Å². The number of nitrogens with two attached hydrogens (primary N) is 1. The van der Waals surface area contributed by atoms with Crippen LogP contribution in [-0.2, 0) is 4.74 Å². The van der Waals surface area contributed by atoms with Crippen molar-refractivity contribution in [3.05, 3.63) is 87.0 Å². The highest BCUT2D eigenvalue weighted by Gasteiger charge is 2.42. The summed E-state index contributed by atoms with van der Waals surface area (Å²) < 4.78 is 11.2. The molecule has 0 radical (unpaired) electrons. The molecular weight excluding hydrogens is 471 g/mol. The lowest BCUT2D eigenvalue weighted by Crippen LogP contribution is -2.39. The Balaban J connectivity index is 1.96. The molecule has 6 nitrogen and oxygen atoms in total. The van der Waals surface area contributed by atoms with Gasteiger partial charge in [0.25, 0.3) is 0 Å². The molecular formula is C26H28Cl2N4O2. The molecule has 0 aliphatic carbocycles. The maximum atomic E-state index is 6.44. The number of rotatable bonds is 7. The summed E-state index contributed by atoms with van der Waals surface area (Å²) in [7, 11) is 3.30. The molecule has 0 saturated heterocycles. The summed E-state index contributed by atoms with van der Waals surface area (Å²) in [6, 6.07) is 13.6. The van der Waals surface area contributed by atoms with E-state index >= 15 is 0 Å². The zero-order valence-electron chi connectivity index (χ0n) is 19.6. The molecule has 1 aromatic heterocycles. The van der Waals surface area contributed by atoms with Gasteiger partial charge in [0.15, 0.2) is 0 Å². The van der Waals surface area contributed by atoms with Crippen molar-refractivity contribution in [2.75, 3.05) is 26.6 Å². The molecule has 0 amide bonds. The minimum atomic E-state index is -0.217. The zero-order valence-corrected chi connectivity index (χ0v) is 21.1. The number of hydrogen-bond acceptors (Lipinski definition) is 6. The number of ether oxygens (including phenoxy) is 2. The Morgan fingerprint density at radius 2 is 1.76 bits per heavy atom. The summed E-state index contributed by atoms with van der Waals surface area (Å²) in [5.74, 6) is 0.602. The molecule has 0 bridgehead atoms. The number of nitrogen functional groups attached to an aromatic ring is 1. The quantitative estimate of drug-likeness (QED) is 0.437. The Bertz CT molecular complexity index is 1200. The van der Waals surface area contributed by atoms with Crippen LogP contribution >= 0.6 is 23.2 Å². The maximum Gasteiger partial charge on any atom is 0.223 e. The first-order valence-electron chi connectivity index (χ1n) is 11.0. The van der Waals surface area contributed by atoms with Crippen LogP contribution in [0.2, 0.25) is 10.0 Å². The van der Waals surface area contributed by atoms with Gasteiger partial charge in [0, 0.05) is 29.4 Å². The molecule has 8 heteroatoms. The smallest absolute Gasteiger partial charge is 0.223 e. The van der Waals surface area contributed by atoms with Crippen LogP contribution in [0.25, 0.3) is 5.57 Å². The molecule has 4 rings (SSSR count). The van der Waals surface area contributed by atoms with E-state index in [1.807, 2.05) is 42.5 Å². The highest BCUT2D eigenvalue weighted by atomic mass is 35.5. The van der Waals surface area contributed by atoms with Gasteiger partial charge in [-0.05, 0) is 60.4 Å². The number of hydrogen-bond donors (Lipinski definition) is 1. The summed E-state index contributed by atoms with van der Waals surface area (Å²) in [4.78, 5) is 11.1. The van der Waals surface area contributed by atoms with Crippen molar-refractivity contribution >= 4 is 34.7 Å². The Kier molecular flexibility index (Phi) is 7.43. The van der Waals surface area contributed by atoms with E-state index in [0.717, 1.165) is 27.8 Å². The molecule has 0 saturated carbocycles. The van der Waals surface area contributed by atoms with Gasteiger partial charge in [-0.2, -0.15) is 4.98 Å². The van der Waals surface area contributed by atoms with E-state index in [-0.39, 0.29) is 24.1 Å². The first-order valence-corrected chi connectivity index (χ1v) is 11.8. The van der Waals surface area contributed by atoms with Gasteiger partial charge in [0.05, 0.1) is 31.4 Å². The van der Waals surface area contributed by atoms with Crippen LogP contribution in [0.5, 0.6) is 5.88 Å². The molecule has 0 fully saturated rings. The molecule has 2 unspecified atom stereocenters. The molecule has 2 aromatic carbocycles. The third kappa shape index (κ3) is 4.77. The van der Waals surface area contributed by atoms with E-state index in [2.05, 4.69) is 34.8 Å². The molecule has 3 aromatic rings. The van der Waals surface area contributed by atoms with E-state index < -0.39 is 0 Å². The number of halogens is 2. The number of benzene rings is 2. The second-order valence-corrected chi connectivity index (χ2v) is 9.29. The first kappa shape index (κ1) is 24.5. The largest absolute Gasteiger partial charge is 0.481 e. The highest BCUT2D eigenvalue weighted by molar-refractivity contribution is 6.30. The molecule has 34 heavy (non-hydrogen) atoms. The van der Waals surface area contributed by atoms with Crippen LogP contribution in [-0.4, -0.2) is 41.7 Å². The van der Waals surface area contributed by atoms with Crippen molar-refractivity contribution in [2.24, 2.45) is 0 Å². The monoisotopic (exact) mass is 498 g/mol. The van der Waals surface area contributed by atoms with Crippen LogP contribution in [0, 0.1) is 6.92 Å². The van der Waals surface area contributed by atoms with Gasteiger partial charge in [-0.25, -0.2) is 4.98 Å². The van der Waals surface area contributed by atoms with Crippen LogP contribution < -0.4 is 10.5 Å². The topological polar surface area (TPSA) is 73.5 Å². The predicted octanol–water partition coefficient (Wildman–Crippen LogP) is 5.90. The first-order chi connectivity index (χ1) is 16.3. The van der Waals surface area contributed by atoms with Gasteiger partial charge >= 0.3 is 0 Å². The number of methoxy groups -OCH3 is 2. The Labute approximate surface area is 210 Å². The summed E-state index contributed by atoms with van der Waals surface area (Å²) in [5.41, 5.74) is 11.1. The average molecular weight is 499 g/mol. The second-order valence-electron chi connectivity index (χ2n) is 8.42. The molecule has 2 heterocycles. The Morgan fingerprint density at radius 3 is 2.44 bits per heavy atom. The lowest BCUT2D eigenvalue weighted by molar-refractivity contribution is 0.0722. The Hall–Kier alpha value is -2.64. The van der Waals surface area contributed by atoms with E-state index in [4.69, 9.17) is 38.4 Å². The van der Waals surface area contributed by atoms with Gasteiger partial charge in [0.2, 0.25) is 11.8 Å². The fraction of sp³-hybridized carbons (Fsp3) is 0.308. The molecule has 0 spiro atoms. The van der Waals surface area contributed by atoms with Crippen LogP contribution in [0.4, 0.5) is 5.95 Å². The summed E-state index contributed by atoms with van der Waals surface area (Å²) in [6.07, 6.45) is 4.02. The van der Waals surface area contributed by atoms with Gasteiger partial charge < -0.3 is 15.2 Å². The third-order valence-corrected chi connectivity index (χ3v) is 6.68. The van der Waals surface area contributed by atoms with Gasteiger partial charge in [-0.15, -0.1) is 0 Å². The van der Waals surface area contributed by atoms with Crippen molar-refractivity contribution in [1.82, 2.24) is 14.9 Å². The van der Waals surface area contributed by atoms with E-state index in [1.54, 1.807) is 20.4 Å². The van der Waals surface area contributed by atoms with Crippen LogP contribution in [0.3, 0.4) is 0 Å². The number of aromatic nitrogens is 2. The van der Waals surface area contributed by atoms with E-state index in [1.165, 1.54) is 0 Å². The molecule has 178 valence electrons. The van der Waals surface area contributed by atoms with Crippen LogP contribution in [0.1, 0.15) is 41.3 Å². The number of aryl methyl sites for hydroxylation is 1. The summed E-state index contributed by atoms with van der Waals surface area (Å²) in [5, 5.41) is 1.37. The molecule has 2 N–H and O–H groups in total. The average Bonchev–Trinajstić information content (AvgIpc) is 3.21. The van der Waals surface area contributed by atoms with Gasteiger partial charge in [-0.3, -0.25) is 4.90 Å². The Morgan fingerprint density at radius 1 is 1.06 bits per heavy atom. The summed E-state index contributed by atoms with van der Waals surface area (Å²) >= 11 is 12.6. The van der Waals surface area contributed by atoms with Crippen molar-refractivity contribution in [1.29, 1.82) is 0 Å². The highest BCUT2D eigenvalue weighted by Crippen LogP contribution is 2.51. The lowest BCUT2D eigenvalue weighted by Gasteiger charge is -2.37. The standard InChI is InChI=1S/C26H28Cl2N4O2/c1-15-5-8-19(28)11-20(15)23-12-21(17-6-9-18(27)10-7-17)24(32(23)16(2)14-33-3)22-13-30-26(29)31-25(22)34-4/h5-13,16,23-24H,14H2,1-4H3,(H2,29,30,31)/t16-,23?,24?/m1/s1.